The van der Waals surface area contributed by atoms with Gasteiger partial charge in [0.1, 0.15) is 23.2 Å². The van der Waals surface area contributed by atoms with E-state index in [0.29, 0.717) is 16.8 Å². The lowest BCUT2D eigenvalue weighted by Crippen LogP contribution is -1.95. The fourth-order valence-corrected chi connectivity index (χ4v) is 2.35. The molecule has 0 radical (unpaired) electrons. The highest BCUT2D eigenvalue weighted by Gasteiger charge is 2.04. The van der Waals surface area contributed by atoms with E-state index in [2.05, 4.69) is 20.9 Å². The third kappa shape index (κ3) is 2.80. The first-order valence-corrected chi connectivity index (χ1v) is 6.31. The lowest BCUT2D eigenvalue weighted by molar-refractivity contribution is 0.303. The summed E-state index contributed by atoms with van der Waals surface area (Å²) in [5.41, 5.74) is 0.988. The van der Waals surface area contributed by atoms with Crippen molar-refractivity contribution in [2.24, 2.45) is 0 Å². The molecule has 0 spiro atoms. The van der Waals surface area contributed by atoms with Gasteiger partial charge in [-0.3, -0.25) is 0 Å². The first kappa shape index (κ1) is 11.5. The van der Waals surface area contributed by atoms with Crippen LogP contribution in [0, 0.1) is 12.7 Å². The molecule has 0 fully saturated rings. The maximum absolute atomic E-state index is 12.8. The van der Waals surface area contributed by atoms with E-state index in [1.165, 1.54) is 12.1 Å². The van der Waals surface area contributed by atoms with Crippen LogP contribution in [0.3, 0.4) is 0 Å². The SMILES string of the molecule is Cc1csc(COc2ccc(F)cc2Br)n1. The third-order valence-corrected chi connectivity index (χ3v) is 3.47. The molecule has 1 aromatic heterocycles. The lowest BCUT2D eigenvalue weighted by atomic mass is 10.3. The topological polar surface area (TPSA) is 22.1 Å². The molecule has 16 heavy (non-hydrogen) atoms. The Morgan fingerprint density at radius 2 is 2.31 bits per heavy atom. The Labute approximate surface area is 105 Å². The van der Waals surface area contributed by atoms with Gasteiger partial charge in [0.15, 0.2) is 0 Å². The van der Waals surface area contributed by atoms with Crippen LogP contribution < -0.4 is 4.74 Å². The number of benzene rings is 1. The van der Waals surface area contributed by atoms with Crippen molar-refractivity contribution in [3.05, 3.63) is 44.6 Å². The van der Waals surface area contributed by atoms with E-state index < -0.39 is 0 Å². The fourth-order valence-electron chi connectivity index (χ4n) is 1.20. The second kappa shape index (κ2) is 4.93. The van der Waals surface area contributed by atoms with Crippen LogP contribution in [-0.2, 0) is 6.61 Å². The zero-order valence-corrected chi connectivity index (χ0v) is 10.9. The van der Waals surface area contributed by atoms with Crippen molar-refractivity contribution < 1.29 is 9.13 Å². The van der Waals surface area contributed by atoms with Gasteiger partial charge in [-0.05, 0) is 41.1 Å². The van der Waals surface area contributed by atoms with E-state index in [4.69, 9.17) is 4.74 Å². The molecule has 0 aliphatic carbocycles. The average molecular weight is 302 g/mol. The Kier molecular flexibility index (Phi) is 3.56. The maximum atomic E-state index is 12.8. The van der Waals surface area contributed by atoms with E-state index in [1.54, 1.807) is 17.4 Å². The van der Waals surface area contributed by atoms with Gasteiger partial charge in [-0.1, -0.05) is 0 Å². The minimum atomic E-state index is -0.288. The van der Waals surface area contributed by atoms with Gasteiger partial charge >= 0.3 is 0 Å². The smallest absolute Gasteiger partial charge is 0.140 e. The standard InChI is InChI=1S/C11H9BrFNOS/c1-7-6-16-11(14-7)5-15-10-3-2-8(13)4-9(10)12/h2-4,6H,5H2,1H3. The van der Waals surface area contributed by atoms with Crippen molar-refractivity contribution in [1.29, 1.82) is 0 Å². The van der Waals surface area contributed by atoms with Gasteiger partial charge in [0, 0.05) is 11.1 Å². The number of rotatable bonds is 3. The Balaban J connectivity index is 2.04. The summed E-state index contributed by atoms with van der Waals surface area (Å²) >= 11 is 4.80. The van der Waals surface area contributed by atoms with Crippen molar-refractivity contribution in [3.63, 3.8) is 0 Å². The minimum Gasteiger partial charge on any atom is -0.485 e. The van der Waals surface area contributed by atoms with Crippen LogP contribution in [0.1, 0.15) is 10.7 Å². The fraction of sp³-hybridized carbons (Fsp3) is 0.182. The largest absolute Gasteiger partial charge is 0.485 e. The highest BCUT2D eigenvalue weighted by Crippen LogP contribution is 2.26. The molecule has 2 nitrogen and oxygen atoms in total. The van der Waals surface area contributed by atoms with Crippen molar-refractivity contribution in [1.82, 2.24) is 4.98 Å². The van der Waals surface area contributed by atoms with Gasteiger partial charge in [-0.15, -0.1) is 11.3 Å². The van der Waals surface area contributed by atoms with Gasteiger partial charge in [0.05, 0.1) is 4.47 Å². The first-order chi connectivity index (χ1) is 7.65. The molecule has 0 aliphatic rings. The van der Waals surface area contributed by atoms with Gasteiger partial charge in [-0.25, -0.2) is 9.37 Å². The molecule has 0 saturated carbocycles. The summed E-state index contributed by atoms with van der Waals surface area (Å²) in [4.78, 5) is 4.28. The molecule has 2 rings (SSSR count). The predicted molar refractivity (Wildman–Crippen MR) is 65.3 cm³/mol. The van der Waals surface area contributed by atoms with Gasteiger partial charge in [0.25, 0.3) is 0 Å². The van der Waals surface area contributed by atoms with E-state index in [1.807, 2.05) is 12.3 Å². The molecule has 0 amide bonds. The highest BCUT2D eigenvalue weighted by molar-refractivity contribution is 9.10. The molecule has 0 N–H and O–H groups in total. The molecule has 0 bridgehead atoms. The van der Waals surface area contributed by atoms with Gasteiger partial charge < -0.3 is 4.74 Å². The molecular weight excluding hydrogens is 293 g/mol. The molecule has 1 heterocycles. The predicted octanol–water partition coefficient (Wildman–Crippen LogP) is 3.93. The average Bonchev–Trinajstić information content (AvgIpc) is 2.63. The minimum absolute atomic E-state index is 0.288. The second-order valence-corrected chi connectivity index (χ2v) is 5.04. The van der Waals surface area contributed by atoms with Gasteiger partial charge in [0.2, 0.25) is 0 Å². The quantitative estimate of drug-likeness (QED) is 0.857. The Hall–Kier alpha value is -0.940. The molecule has 0 unspecified atom stereocenters. The van der Waals surface area contributed by atoms with Crippen LogP contribution in [-0.4, -0.2) is 4.98 Å². The summed E-state index contributed by atoms with van der Waals surface area (Å²) in [6, 6.07) is 4.34. The molecule has 84 valence electrons. The van der Waals surface area contributed by atoms with Crippen LogP contribution >= 0.6 is 27.3 Å². The normalized spacial score (nSPS) is 10.4. The number of aromatic nitrogens is 1. The van der Waals surface area contributed by atoms with Crippen molar-refractivity contribution in [2.75, 3.05) is 0 Å². The lowest BCUT2D eigenvalue weighted by Gasteiger charge is -2.05. The molecular formula is C11H9BrFNOS. The number of hydrogen-bond acceptors (Lipinski definition) is 3. The Morgan fingerprint density at radius 3 is 2.94 bits per heavy atom. The number of aryl methyl sites for hydroxylation is 1. The molecule has 0 saturated heterocycles. The third-order valence-electron chi connectivity index (χ3n) is 1.91. The van der Waals surface area contributed by atoms with E-state index in [-0.39, 0.29) is 5.82 Å². The molecule has 5 heteroatoms. The van der Waals surface area contributed by atoms with Crippen LogP contribution in [0.5, 0.6) is 5.75 Å². The molecule has 1 aromatic carbocycles. The number of hydrogen-bond donors (Lipinski definition) is 0. The summed E-state index contributed by atoms with van der Waals surface area (Å²) in [6.07, 6.45) is 0. The second-order valence-electron chi connectivity index (χ2n) is 3.25. The zero-order valence-electron chi connectivity index (χ0n) is 8.54. The van der Waals surface area contributed by atoms with E-state index in [0.717, 1.165) is 10.7 Å². The summed E-state index contributed by atoms with van der Waals surface area (Å²) < 4.78 is 19.0. The Bertz CT molecular complexity index is 500. The van der Waals surface area contributed by atoms with E-state index in [9.17, 15) is 4.39 Å². The summed E-state index contributed by atoms with van der Waals surface area (Å²) in [5, 5.41) is 2.88. The van der Waals surface area contributed by atoms with Crippen molar-refractivity contribution >= 4 is 27.3 Å². The maximum Gasteiger partial charge on any atom is 0.140 e. The van der Waals surface area contributed by atoms with Crippen LogP contribution in [0.2, 0.25) is 0 Å². The first-order valence-electron chi connectivity index (χ1n) is 4.64. The molecule has 0 atom stereocenters. The van der Waals surface area contributed by atoms with Crippen LogP contribution in [0.15, 0.2) is 28.1 Å². The number of ether oxygens (including phenoxy) is 1. The van der Waals surface area contributed by atoms with E-state index >= 15 is 0 Å². The van der Waals surface area contributed by atoms with Crippen molar-refractivity contribution in [3.8, 4) is 5.75 Å². The summed E-state index contributed by atoms with van der Waals surface area (Å²) in [5.74, 6) is 0.332. The summed E-state index contributed by atoms with van der Waals surface area (Å²) in [6.45, 7) is 2.34. The molecule has 0 aliphatic heterocycles. The molecule has 2 aromatic rings. The summed E-state index contributed by atoms with van der Waals surface area (Å²) in [7, 11) is 0. The van der Waals surface area contributed by atoms with Gasteiger partial charge in [-0.2, -0.15) is 0 Å². The number of halogens is 2. The monoisotopic (exact) mass is 301 g/mol. The zero-order chi connectivity index (χ0) is 11.5. The van der Waals surface area contributed by atoms with Crippen molar-refractivity contribution in [2.45, 2.75) is 13.5 Å². The number of thiazole rings is 1. The van der Waals surface area contributed by atoms with Crippen LogP contribution in [0.25, 0.3) is 0 Å². The Morgan fingerprint density at radius 1 is 1.50 bits per heavy atom. The highest BCUT2D eigenvalue weighted by atomic mass is 79.9. The van der Waals surface area contributed by atoms with Crippen LogP contribution in [0.4, 0.5) is 4.39 Å². The number of nitrogens with zero attached hydrogens (tertiary/aromatic N) is 1.